The summed E-state index contributed by atoms with van der Waals surface area (Å²) in [5, 5.41) is 0. The summed E-state index contributed by atoms with van der Waals surface area (Å²) in [7, 11) is 0. The molecule has 1 aliphatic carbocycles. The zero-order chi connectivity index (χ0) is 21.6. The van der Waals surface area contributed by atoms with Crippen molar-refractivity contribution < 1.29 is 14.3 Å². The predicted octanol–water partition coefficient (Wildman–Crippen LogP) is 5.80. The van der Waals surface area contributed by atoms with E-state index < -0.39 is 0 Å². The van der Waals surface area contributed by atoms with Crippen LogP contribution in [-0.2, 0) is 9.53 Å². The van der Waals surface area contributed by atoms with Gasteiger partial charge in [0.1, 0.15) is 5.75 Å². The highest BCUT2D eigenvalue weighted by molar-refractivity contribution is 5.69. The molecule has 4 heteroatoms. The van der Waals surface area contributed by atoms with Gasteiger partial charge < -0.3 is 14.4 Å². The van der Waals surface area contributed by atoms with Gasteiger partial charge in [0.2, 0.25) is 0 Å². The molecule has 1 aromatic rings. The third kappa shape index (κ3) is 6.73. The van der Waals surface area contributed by atoms with Crippen LogP contribution in [0.5, 0.6) is 5.75 Å². The van der Waals surface area contributed by atoms with Crippen LogP contribution in [0.15, 0.2) is 24.3 Å². The van der Waals surface area contributed by atoms with Gasteiger partial charge in [-0.05, 0) is 86.9 Å². The Hall–Kier alpha value is -1.55. The summed E-state index contributed by atoms with van der Waals surface area (Å²) in [5.74, 6) is 2.28. The molecule has 1 aromatic carbocycles. The van der Waals surface area contributed by atoms with Crippen LogP contribution in [-0.4, -0.2) is 43.2 Å². The Balaban J connectivity index is 1.46. The number of rotatable bonds is 7. The number of carbonyl (C=O) groups is 1. The fraction of sp³-hybridized carbons (Fsp3) is 0.731. The fourth-order valence-electron chi connectivity index (χ4n) is 5.07. The lowest BCUT2D eigenvalue weighted by molar-refractivity contribution is -0.143. The van der Waals surface area contributed by atoms with Gasteiger partial charge in [-0.3, -0.25) is 4.79 Å². The van der Waals surface area contributed by atoms with Crippen molar-refractivity contribution in [1.29, 1.82) is 0 Å². The van der Waals surface area contributed by atoms with Crippen molar-refractivity contribution in [2.45, 2.75) is 84.7 Å². The Kier molecular flexibility index (Phi) is 8.21. The first kappa shape index (κ1) is 23.1. The van der Waals surface area contributed by atoms with E-state index in [9.17, 15) is 4.79 Å². The van der Waals surface area contributed by atoms with Crippen molar-refractivity contribution in [2.24, 2.45) is 11.3 Å². The summed E-state index contributed by atoms with van der Waals surface area (Å²) in [6.07, 6.45) is 8.14. The Labute approximate surface area is 183 Å². The van der Waals surface area contributed by atoms with Crippen LogP contribution < -0.4 is 4.74 Å². The van der Waals surface area contributed by atoms with Crippen molar-refractivity contribution >= 4 is 5.97 Å². The van der Waals surface area contributed by atoms with Gasteiger partial charge in [0.05, 0.1) is 19.1 Å². The smallest absolute Gasteiger partial charge is 0.307 e. The van der Waals surface area contributed by atoms with Gasteiger partial charge in [0.25, 0.3) is 0 Å². The second-order valence-electron chi connectivity index (χ2n) is 10.2. The van der Waals surface area contributed by atoms with Gasteiger partial charge in [0.15, 0.2) is 0 Å². The first-order chi connectivity index (χ1) is 14.3. The molecule has 4 nitrogen and oxygen atoms in total. The zero-order valence-electron chi connectivity index (χ0n) is 19.5. The molecule has 0 aromatic heterocycles. The SMILES string of the molecule is CCOC(=O)CCN1CCCC(c2ccc(O[C@H]3CC[C@H](C(C)(C)C)CC3)cc2)C1. The molecule has 0 radical (unpaired) electrons. The van der Waals surface area contributed by atoms with E-state index in [2.05, 4.69) is 49.9 Å². The van der Waals surface area contributed by atoms with Gasteiger partial charge in [-0.1, -0.05) is 32.9 Å². The minimum absolute atomic E-state index is 0.0855. The fourth-order valence-corrected chi connectivity index (χ4v) is 5.07. The van der Waals surface area contributed by atoms with E-state index in [1.807, 2.05) is 6.92 Å². The van der Waals surface area contributed by atoms with E-state index >= 15 is 0 Å². The third-order valence-electron chi connectivity index (χ3n) is 7.00. The maximum absolute atomic E-state index is 11.6. The molecule has 2 aliphatic rings. The van der Waals surface area contributed by atoms with Crippen LogP contribution in [0.3, 0.4) is 0 Å². The molecule has 1 heterocycles. The number of nitrogens with zero attached hydrogens (tertiary/aromatic N) is 1. The Bertz CT molecular complexity index is 656. The molecule has 3 rings (SSSR count). The maximum Gasteiger partial charge on any atom is 0.307 e. The van der Waals surface area contributed by atoms with Crippen LogP contribution in [0, 0.1) is 11.3 Å². The average molecular weight is 416 g/mol. The van der Waals surface area contributed by atoms with Crippen molar-refractivity contribution in [3.05, 3.63) is 29.8 Å². The lowest BCUT2D eigenvalue weighted by Crippen LogP contribution is -2.36. The van der Waals surface area contributed by atoms with Gasteiger partial charge >= 0.3 is 5.97 Å². The summed E-state index contributed by atoms with van der Waals surface area (Å²) in [4.78, 5) is 14.0. The molecule has 1 atom stereocenters. The topological polar surface area (TPSA) is 38.8 Å². The van der Waals surface area contributed by atoms with E-state index in [1.54, 1.807) is 0 Å². The maximum atomic E-state index is 11.6. The third-order valence-corrected chi connectivity index (χ3v) is 7.00. The van der Waals surface area contributed by atoms with Crippen LogP contribution >= 0.6 is 0 Å². The molecule has 168 valence electrons. The van der Waals surface area contributed by atoms with Gasteiger partial charge in [-0.15, -0.1) is 0 Å². The molecule has 1 saturated carbocycles. The molecule has 30 heavy (non-hydrogen) atoms. The van der Waals surface area contributed by atoms with Gasteiger partial charge in [-0.2, -0.15) is 0 Å². The summed E-state index contributed by atoms with van der Waals surface area (Å²) in [5.41, 5.74) is 1.80. The summed E-state index contributed by atoms with van der Waals surface area (Å²) < 4.78 is 11.4. The zero-order valence-corrected chi connectivity index (χ0v) is 19.5. The molecule has 1 saturated heterocycles. The van der Waals surface area contributed by atoms with Crippen LogP contribution in [0.1, 0.15) is 84.1 Å². The van der Waals surface area contributed by atoms with Crippen molar-refractivity contribution in [2.75, 3.05) is 26.2 Å². The highest BCUT2D eigenvalue weighted by atomic mass is 16.5. The van der Waals surface area contributed by atoms with Gasteiger partial charge in [0, 0.05) is 13.1 Å². The van der Waals surface area contributed by atoms with Crippen LogP contribution in [0.4, 0.5) is 0 Å². The molecule has 0 amide bonds. The number of carbonyl (C=O) groups excluding carboxylic acids is 1. The number of hydrogen-bond donors (Lipinski definition) is 0. The standard InChI is InChI=1S/C26H41NO3/c1-5-29-25(28)16-18-27-17-6-7-21(19-27)20-8-12-23(13-9-20)30-24-14-10-22(11-15-24)26(2,3)4/h8-9,12-13,21-22,24H,5-7,10-11,14-19H2,1-4H3/t21?,22-,24-. The second kappa shape index (κ2) is 10.7. The minimum atomic E-state index is -0.0855. The highest BCUT2D eigenvalue weighted by Gasteiger charge is 2.30. The number of benzene rings is 1. The highest BCUT2D eigenvalue weighted by Crippen LogP contribution is 2.39. The molecular formula is C26H41NO3. The van der Waals surface area contributed by atoms with E-state index in [1.165, 1.54) is 44.1 Å². The number of hydrogen-bond acceptors (Lipinski definition) is 4. The van der Waals surface area contributed by atoms with Crippen molar-refractivity contribution in [3.63, 3.8) is 0 Å². The van der Waals surface area contributed by atoms with Crippen LogP contribution in [0.25, 0.3) is 0 Å². The molecule has 1 unspecified atom stereocenters. The van der Waals surface area contributed by atoms with E-state index in [-0.39, 0.29) is 5.97 Å². The van der Waals surface area contributed by atoms with E-state index in [0.717, 1.165) is 31.3 Å². The van der Waals surface area contributed by atoms with E-state index in [0.29, 0.717) is 30.5 Å². The average Bonchev–Trinajstić information content (AvgIpc) is 2.73. The Morgan fingerprint density at radius 3 is 2.40 bits per heavy atom. The largest absolute Gasteiger partial charge is 0.490 e. The Morgan fingerprint density at radius 2 is 1.77 bits per heavy atom. The van der Waals surface area contributed by atoms with Crippen LogP contribution in [0.2, 0.25) is 0 Å². The van der Waals surface area contributed by atoms with Crippen molar-refractivity contribution in [1.82, 2.24) is 4.90 Å². The minimum Gasteiger partial charge on any atom is -0.490 e. The molecular weight excluding hydrogens is 374 g/mol. The summed E-state index contributed by atoms with van der Waals surface area (Å²) in [6.45, 7) is 12.3. The number of esters is 1. The lowest BCUT2D eigenvalue weighted by atomic mass is 9.72. The molecule has 2 fully saturated rings. The second-order valence-corrected chi connectivity index (χ2v) is 10.2. The molecule has 0 spiro atoms. The first-order valence-electron chi connectivity index (χ1n) is 12.0. The number of likely N-dealkylation sites (tertiary alicyclic amines) is 1. The van der Waals surface area contributed by atoms with Crippen molar-refractivity contribution in [3.8, 4) is 5.75 Å². The summed E-state index contributed by atoms with van der Waals surface area (Å²) >= 11 is 0. The normalized spacial score (nSPS) is 25.7. The summed E-state index contributed by atoms with van der Waals surface area (Å²) in [6, 6.07) is 8.80. The molecule has 1 aliphatic heterocycles. The first-order valence-corrected chi connectivity index (χ1v) is 12.0. The quantitative estimate of drug-likeness (QED) is 0.527. The number of piperidine rings is 1. The Morgan fingerprint density at radius 1 is 1.07 bits per heavy atom. The number of ether oxygens (including phenoxy) is 2. The monoisotopic (exact) mass is 415 g/mol. The lowest BCUT2D eigenvalue weighted by Gasteiger charge is -2.37. The van der Waals surface area contributed by atoms with E-state index in [4.69, 9.17) is 9.47 Å². The molecule has 0 bridgehead atoms. The predicted molar refractivity (Wildman–Crippen MR) is 122 cm³/mol. The molecule has 0 N–H and O–H groups in total. The van der Waals surface area contributed by atoms with Gasteiger partial charge in [-0.25, -0.2) is 0 Å².